The molecule has 5 rings (SSSR count). The zero-order valence-corrected chi connectivity index (χ0v) is 18.0. The average molecular weight is 429 g/mol. The molecule has 156 valence electrons. The third-order valence-corrected chi connectivity index (χ3v) is 6.77. The van der Waals surface area contributed by atoms with Gasteiger partial charge >= 0.3 is 0 Å². The van der Waals surface area contributed by atoms with Gasteiger partial charge in [0, 0.05) is 48.5 Å². The average Bonchev–Trinajstić information content (AvgIpc) is 3.54. The van der Waals surface area contributed by atoms with Gasteiger partial charge in [0.2, 0.25) is 0 Å². The number of benzene rings is 2. The third-order valence-electron chi connectivity index (χ3n) is 5.84. The van der Waals surface area contributed by atoms with Crippen molar-refractivity contribution in [3.63, 3.8) is 0 Å². The first-order valence-corrected chi connectivity index (χ1v) is 11.5. The molecular weight excluding hydrogens is 404 g/mol. The normalized spacial score (nSPS) is 16.4. The molecule has 5 nitrogen and oxygen atoms in total. The summed E-state index contributed by atoms with van der Waals surface area (Å²) < 4.78 is 1.90. The maximum atomic E-state index is 13.5. The van der Waals surface area contributed by atoms with Crippen molar-refractivity contribution in [2.24, 2.45) is 0 Å². The molecule has 1 aliphatic rings. The fourth-order valence-corrected chi connectivity index (χ4v) is 5.03. The van der Waals surface area contributed by atoms with E-state index in [1.54, 1.807) is 17.5 Å². The van der Waals surface area contributed by atoms with Gasteiger partial charge in [-0.1, -0.05) is 42.5 Å². The second kappa shape index (κ2) is 8.86. The second-order valence-corrected chi connectivity index (χ2v) is 8.83. The molecule has 0 radical (unpaired) electrons. The molecule has 31 heavy (non-hydrogen) atoms. The van der Waals surface area contributed by atoms with E-state index in [4.69, 9.17) is 0 Å². The molecule has 2 aromatic carbocycles. The predicted molar refractivity (Wildman–Crippen MR) is 123 cm³/mol. The van der Waals surface area contributed by atoms with Crippen molar-refractivity contribution in [3.8, 4) is 11.1 Å². The van der Waals surface area contributed by atoms with E-state index in [0.29, 0.717) is 5.92 Å². The molecule has 1 unspecified atom stereocenters. The van der Waals surface area contributed by atoms with Crippen molar-refractivity contribution in [2.45, 2.75) is 25.3 Å². The Labute approximate surface area is 186 Å². The first kappa shape index (κ1) is 19.7. The van der Waals surface area contributed by atoms with Gasteiger partial charge in [-0.05, 0) is 41.7 Å². The molecule has 1 aliphatic heterocycles. The van der Waals surface area contributed by atoms with Gasteiger partial charge in [0.15, 0.2) is 0 Å². The summed E-state index contributed by atoms with van der Waals surface area (Å²) in [5, 5.41) is 7.42. The van der Waals surface area contributed by atoms with E-state index in [2.05, 4.69) is 34.3 Å². The molecule has 1 atom stereocenters. The van der Waals surface area contributed by atoms with E-state index in [0.717, 1.165) is 54.2 Å². The molecule has 6 heteroatoms. The maximum absolute atomic E-state index is 13.5. The SMILES string of the molecule is O=C(c1ccccc1-c1ccc(Cn2cccn2)cc1)N1CCCC(c2nccs2)C1. The van der Waals surface area contributed by atoms with Crippen LogP contribution in [0.2, 0.25) is 0 Å². The first-order valence-electron chi connectivity index (χ1n) is 10.6. The summed E-state index contributed by atoms with van der Waals surface area (Å²) in [6.45, 7) is 2.28. The van der Waals surface area contributed by atoms with Crippen molar-refractivity contribution in [1.29, 1.82) is 0 Å². The lowest BCUT2D eigenvalue weighted by Crippen LogP contribution is -2.39. The van der Waals surface area contributed by atoms with Gasteiger partial charge in [0.05, 0.1) is 11.6 Å². The molecule has 0 spiro atoms. The van der Waals surface area contributed by atoms with Crippen LogP contribution in [0.15, 0.2) is 78.6 Å². The van der Waals surface area contributed by atoms with Crippen LogP contribution in [0.3, 0.4) is 0 Å². The van der Waals surface area contributed by atoms with Gasteiger partial charge < -0.3 is 4.90 Å². The summed E-state index contributed by atoms with van der Waals surface area (Å²) in [5.41, 5.74) is 3.98. The number of rotatable bonds is 5. The van der Waals surface area contributed by atoms with Gasteiger partial charge in [0.1, 0.15) is 0 Å². The Morgan fingerprint density at radius 3 is 2.71 bits per heavy atom. The van der Waals surface area contributed by atoms with Crippen LogP contribution in [-0.2, 0) is 6.54 Å². The minimum Gasteiger partial charge on any atom is -0.338 e. The standard InChI is InChI=1S/C25H24N4OS/c30-25(28-14-3-5-21(18-28)24-26-13-16-31-24)23-7-2-1-6-22(23)20-10-8-19(9-11-20)17-29-15-4-12-27-29/h1-2,4,6-13,15-16,21H,3,5,14,17-18H2. The Balaban J connectivity index is 1.37. The molecule has 0 aliphatic carbocycles. The van der Waals surface area contributed by atoms with E-state index < -0.39 is 0 Å². The van der Waals surface area contributed by atoms with E-state index in [1.807, 2.05) is 57.7 Å². The zero-order chi connectivity index (χ0) is 21.0. The lowest BCUT2D eigenvalue weighted by atomic mass is 9.95. The van der Waals surface area contributed by atoms with E-state index in [9.17, 15) is 4.79 Å². The van der Waals surface area contributed by atoms with Gasteiger partial charge in [-0.2, -0.15) is 5.10 Å². The molecule has 1 fully saturated rings. The smallest absolute Gasteiger partial charge is 0.254 e. The molecule has 2 aromatic heterocycles. The van der Waals surface area contributed by atoms with E-state index in [1.165, 1.54) is 5.56 Å². The maximum Gasteiger partial charge on any atom is 0.254 e. The van der Waals surface area contributed by atoms with Crippen LogP contribution in [0.5, 0.6) is 0 Å². The van der Waals surface area contributed by atoms with Crippen LogP contribution in [0, 0.1) is 0 Å². The number of hydrogen-bond donors (Lipinski definition) is 0. The fraction of sp³-hybridized carbons (Fsp3) is 0.240. The van der Waals surface area contributed by atoms with Crippen LogP contribution in [-0.4, -0.2) is 38.7 Å². The highest BCUT2D eigenvalue weighted by atomic mass is 32.1. The van der Waals surface area contributed by atoms with Crippen LogP contribution < -0.4 is 0 Å². The molecule has 0 saturated carbocycles. The Kier molecular flexibility index (Phi) is 5.63. The van der Waals surface area contributed by atoms with E-state index in [-0.39, 0.29) is 5.91 Å². The van der Waals surface area contributed by atoms with Crippen LogP contribution in [0.4, 0.5) is 0 Å². The van der Waals surface area contributed by atoms with Gasteiger partial charge in [-0.3, -0.25) is 9.48 Å². The quantitative estimate of drug-likeness (QED) is 0.446. The summed E-state index contributed by atoms with van der Waals surface area (Å²) in [5.74, 6) is 0.448. The second-order valence-electron chi connectivity index (χ2n) is 7.91. The molecule has 4 aromatic rings. The summed E-state index contributed by atoms with van der Waals surface area (Å²) in [6, 6.07) is 18.3. The lowest BCUT2D eigenvalue weighted by Gasteiger charge is -2.32. The molecule has 0 bridgehead atoms. The number of hydrogen-bond acceptors (Lipinski definition) is 4. The van der Waals surface area contributed by atoms with Gasteiger partial charge in [-0.15, -0.1) is 11.3 Å². The molecule has 1 saturated heterocycles. The monoisotopic (exact) mass is 428 g/mol. The molecular formula is C25H24N4OS. The highest BCUT2D eigenvalue weighted by molar-refractivity contribution is 7.09. The summed E-state index contributed by atoms with van der Waals surface area (Å²) >= 11 is 1.69. The Bertz CT molecular complexity index is 1140. The molecule has 1 amide bonds. The number of likely N-dealkylation sites (tertiary alicyclic amines) is 1. The van der Waals surface area contributed by atoms with Crippen molar-refractivity contribution < 1.29 is 4.79 Å². The minimum absolute atomic E-state index is 0.109. The number of piperidine rings is 1. The Hall–Kier alpha value is -3.25. The Morgan fingerprint density at radius 2 is 1.94 bits per heavy atom. The van der Waals surface area contributed by atoms with Gasteiger partial charge in [0.25, 0.3) is 5.91 Å². The predicted octanol–water partition coefficient (Wildman–Crippen LogP) is 5.07. The number of carbonyl (C=O) groups is 1. The van der Waals surface area contributed by atoms with Crippen molar-refractivity contribution in [2.75, 3.05) is 13.1 Å². The van der Waals surface area contributed by atoms with E-state index >= 15 is 0 Å². The first-order chi connectivity index (χ1) is 15.3. The lowest BCUT2D eigenvalue weighted by molar-refractivity contribution is 0.0708. The number of aromatic nitrogens is 3. The van der Waals surface area contributed by atoms with Gasteiger partial charge in [-0.25, -0.2) is 4.98 Å². The summed E-state index contributed by atoms with van der Waals surface area (Å²) in [4.78, 5) is 20.0. The fourth-order valence-electron chi connectivity index (χ4n) is 4.26. The number of carbonyl (C=O) groups excluding carboxylic acids is 1. The van der Waals surface area contributed by atoms with Crippen molar-refractivity contribution in [3.05, 3.63) is 94.7 Å². The molecule has 0 N–H and O–H groups in total. The summed E-state index contributed by atoms with van der Waals surface area (Å²) in [7, 11) is 0. The van der Waals surface area contributed by atoms with Crippen LogP contribution in [0.1, 0.15) is 39.7 Å². The minimum atomic E-state index is 0.109. The van der Waals surface area contributed by atoms with Crippen LogP contribution >= 0.6 is 11.3 Å². The summed E-state index contributed by atoms with van der Waals surface area (Å²) in [6.07, 6.45) is 7.71. The zero-order valence-electron chi connectivity index (χ0n) is 17.2. The van der Waals surface area contributed by atoms with Crippen LogP contribution in [0.25, 0.3) is 11.1 Å². The highest BCUT2D eigenvalue weighted by Crippen LogP contribution is 2.31. The Morgan fingerprint density at radius 1 is 1.06 bits per heavy atom. The van der Waals surface area contributed by atoms with Crippen molar-refractivity contribution >= 4 is 17.2 Å². The third kappa shape index (κ3) is 4.30. The molecule has 3 heterocycles. The topological polar surface area (TPSA) is 51.0 Å². The number of nitrogens with zero attached hydrogens (tertiary/aromatic N) is 4. The van der Waals surface area contributed by atoms with Crippen molar-refractivity contribution in [1.82, 2.24) is 19.7 Å². The largest absolute Gasteiger partial charge is 0.338 e. The number of amides is 1. The highest BCUT2D eigenvalue weighted by Gasteiger charge is 2.28. The number of thiazole rings is 1.